The molecule has 0 unspecified atom stereocenters. The largest absolute Gasteiger partial charge is 0.496 e. The zero-order chi connectivity index (χ0) is 44.1. The predicted molar refractivity (Wildman–Crippen MR) is 232 cm³/mol. The number of thiazole rings is 1. The van der Waals surface area contributed by atoms with Gasteiger partial charge >= 0.3 is 0 Å². The fraction of sp³-hybridized carbons (Fsp3) is 0.489. The summed E-state index contributed by atoms with van der Waals surface area (Å²) in [6, 6.07) is 6.72. The number of anilines is 1. The van der Waals surface area contributed by atoms with Gasteiger partial charge in [-0.3, -0.25) is 19.1 Å². The number of nitrogens with zero attached hydrogens (tertiary/aromatic N) is 3. The second-order valence-electron chi connectivity index (χ2n) is 17.6. The lowest BCUT2D eigenvalue weighted by atomic mass is 10.0. The van der Waals surface area contributed by atoms with Gasteiger partial charge in [0.05, 0.1) is 29.6 Å². The second kappa shape index (κ2) is 16.8. The van der Waals surface area contributed by atoms with Crippen LogP contribution in [-0.2, 0) is 24.4 Å². The minimum atomic E-state index is -4.03. The van der Waals surface area contributed by atoms with Gasteiger partial charge in [-0.1, -0.05) is 38.8 Å². The second-order valence-corrected chi connectivity index (χ2v) is 20.6. The number of ether oxygens (including phenoxy) is 2. The molecule has 4 aliphatic rings. The molecule has 3 N–H and O–H groups in total. The van der Waals surface area contributed by atoms with Crippen LogP contribution in [0.3, 0.4) is 0 Å². The van der Waals surface area contributed by atoms with Gasteiger partial charge in [-0.05, 0) is 82.6 Å². The fourth-order valence-electron chi connectivity index (χ4n) is 8.39. The van der Waals surface area contributed by atoms with Crippen molar-refractivity contribution in [2.24, 2.45) is 5.92 Å². The molecule has 2 aliphatic carbocycles. The summed E-state index contributed by atoms with van der Waals surface area (Å²) in [5, 5.41) is 9.39. The van der Waals surface area contributed by atoms with Gasteiger partial charge in [-0.2, -0.15) is 0 Å². The van der Waals surface area contributed by atoms with Crippen LogP contribution in [0.1, 0.15) is 95.7 Å². The Hall–Kier alpha value is -5.16. The number of benzene rings is 2. The van der Waals surface area contributed by atoms with E-state index in [1.807, 2.05) is 42.7 Å². The van der Waals surface area contributed by atoms with Crippen molar-refractivity contribution in [1.29, 1.82) is 0 Å². The number of aryl methyl sites for hydroxylation is 1. The van der Waals surface area contributed by atoms with Gasteiger partial charge < -0.3 is 25.0 Å². The molecule has 4 heterocycles. The van der Waals surface area contributed by atoms with Crippen molar-refractivity contribution in [3.8, 4) is 22.2 Å². The zero-order valence-electron chi connectivity index (χ0n) is 35.4. The van der Waals surface area contributed by atoms with E-state index >= 15 is 0 Å². The van der Waals surface area contributed by atoms with Crippen LogP contribution in [-0.4, -0.2) is 83.1 Å². The molecule has 2 saturated carbocycles. The molecule has 13 nitrogen and oxygen atoms in total. The maximum atomic E-state index is 14.9. The van der Waals surface area contributed by atoms with E-state index in [0.29, 0.717) is 65.2 Å². The first kappa shape index (κ1) is 43.5. The Kier molecular flexibility index (Phi) is 11.8. The lowest BCUT2D eigenvalue weighted by molar-refractivity contribution is -0.140. The lowest BCUT2D eigenvalue weighted by Crippen LogP contribution is -2.58. The van der Waals surface area contributed by atoms with Gasteiger partial charge in [0.1, 0.15) is 45.9 Å². The molecule has 330 valence electrons. The molecule has 2 aromatic carbocycles. The summed E-state index contributed by atoms with van der Waals surface area (Å²) < 4.78 is 68.6. The smallest absolute Gasteiger partial charge is 0.259 e. The topological polar surface area (TPSA) is 169 Å². The number of carbonyl (C=O) groups excluding carboxylic acids is 3. The molecule has 62 heavy (non-hydrogen) atoms. The summed E-state index contributed by atoms with van der Waals surface area (Å²) in [7, 11) is -2.44. The molecule has 1 saturated heterocycles. The van der Waals surface area contributed by atoms with Gasteiger partial charge in [-0.25, -0.2) is 27.2 Å². The number of sulfonamides is 1. The van der Waals surface area contributed by atoms with Gasteiger partial charge in [0.15, 0.2) is 11.6 Å². The molecule has 0 bridgehead atoms. The van der Waals surface area contributed by atoms with Crippen molar-refractivity contribution >= 4 is 55.7 Å². The number of halogens is 2. The Morgan fingerprint density at radius 3 is 2.55 bits per heavy atom. The highest BCUT2D eigenvalue weighted by Gasteiger charge is 2.63. The maximum absolute atomic E-state index is 14.9. The number of hydrogen-bond acceptors (Lipinski definition) is 11. The Bertz CT molecular complexity index is 2560. The standard InChI is InChI=1S/C45H52F2N6O7S2/c1-25(2)35-24-61-41(50-35)34-21-38(30-14-16-37(59-5)26(3)39(30)49-34)60-29-20-36-40(54)51-45(43(56)52-62(57,58)44(4)17-18-44)22-27(45)11-9-7-6-8-10-12-33(42(55)53(36)23-29)48-28-13-15-31(46)32(47)19-28/h9,11,13-16,19,21,24-25,27,29,33,36,48H,6-8,10,12,17-18,20,22-23H2,1-5H3,(H,51,54)(H,52,56)/t27-,29-,33+,36+,45-/m1/s1. The first-order valence-corrected chi connectivity index (χ1v) is 23.6. The molecule has 3 amide bonds. The van der Waals surface area contributed by atoms with E-state index in [1.54, 1.807) is 14.0 Å². The zero-order valence-corrected chi connectivity index (χ0v) is 37.1. The minimum Gasteiger partial charge on any atom is -0.496 e. The number of allylic oxidation sites excluding steroid dienone is 1. The number of rotatable bonds is 10. The Balaban J connectivity index is 1.16. The van der Waals surface area contributed by atoms with E-state index in [4.69, 9.17) is 19.4 Å². The molecular formula is C45H52F2N6O7S2. The van der Waals surface area contributed by atoms with Gasteiger partial charge in [-0.15, -0.1) is 11.3 Å². The number of carbonyl (C=O) groups is 3. The molecule has 8 rings (SSSR count). The number of methoxy groups -OCH3 is 1. The quantitative estimate of drug-likeness (QED) is 0.138. The highest BCUT2D eigenvalue weighted by atomic mass is 32.2. The van der Waals surface area contributed by atoms with Crippen molar-refractivity contribution in [2.45, 2.75) is 120 Å². The molecule has 17 heteroatoms. The fourth-order valence-corrected chi connectivity index (χ4v) is 10.6. The van der Waals surface area contributed by atoms with Crippen molar-refractivity contribution in [2.75, 3.05) is 19.0 Å². The summed E-state index contributed by atoms with van der Waals surface area (Å²) in [6.07, 6.45) is 7.22. The molecular weight excluding hydrogens is 839 g/mol. The van der Waals surface area contributed by atoms with Crippen LogP contribution in [0.2, 0.25) is 0 Å². The minimum absolute atomic E-state index is 0.0209. The molecule has 0 radical (unpaired) electrons. The van der Waals surface area contributed by atoms with Crippen LogP contribution in [0, 0.1) is 24.5 Å². The maximum Gasteiger partial charge on any atom is 0.259 e. The summed E-state index contributed by atoms with van der Waals surface area (Å²) in [5.41, 5.74) is 1.56. The van der Waals surface area contributed by atoms with E-state index < -0.39 is 73.8 Å². The molecule has 3 fully saturated rings. The number of aromatic nitrogens is 2. The highest BCUT2D eigenvalue weighted by Crippen LogP contribution is 2.48. The Morgan fingerprint density at radius 1 is 1.05 bits per heavy atom. The van der Waals surface area contributed by atoms with E-state index in [9.17, 15) is 31.6 Å². The normalized spacial score (nSPS) is 25.0. The van der Waals surface area contributed by atoms with Crippen LogP contribution in [0.15, 0.2) is 53.9 Å². The van der Waals surface area contributed by atoms with Gasteiger partial charge in [0, 0.05) is 46.5 Å². The summed E-state index contributed by atoms with van der Waals surface area (Å²) in [4.78, 5) is 54.9. The van der Waals surface area contributed by atoms with Crippen LogP contribution in [0.4, 0.5) is 14.5 Å². The van der Waals surface area contributed by atoms with E-state index in [-0.39, 0.29) is 31.0 Å². The molecule has 2 aliphatic heterocycles. The third kappa shape index (κ3) is 8.49. The summed E-state index contributed by atoms with van der Waals surface area (Å²) in [5.74, 6) is -3.21. The molecule has 4 aromatic rings. The lowest BCUT2D eigenvalue weighted by Gasteiger charge is -2.30. The highest BCUT2D eigenvalue weighted by molar-refractivity contribution is 7.91. The van der Waals surface area contributed by atoms with E-state index in [1.165, 1.54) is 22.3 Å². The number of hydrogen-bond donors (Lipinski definition) is 3. The van der Waals surface area contributed by atoms with Crippen LogP contribution < -0.4 is 24.8 Å². The van der Waals surface area contributed by atoms with E-state index in [0.717, 1.165) is 36.2 Å². The van der Waals surface area contributed by atoms with Crippen molar-refractivity contribution in [3.05, 3.63) is 76.8 Å². The SMILES string of the molecule is COc1ccc2c(O[C@@H]3C[C@H]4C(=O)N[C@]5(C(=O)NS(=O)(=O)C6(C)CC6)C[C@H]5C=CCCCCC[C@H](Nc5ccc(F)c(F)c5)C(=O)N4C3)cc(-c3nc(C(C)C)cs3)nc2c1C. The first-order valence-electron chi connectivity index (χ1n) is 21.2. The molecule has 5 atom stereocenters. The number of fused-ring (bicyclic) bond motifs is 3. The Morgan fingerprint density at radius 2 is 1.84 bits per heavy atom. The van der Waals surface area contributed by atoms with E-state index in [2.05, 4.69) is 29.2 Å². The van der Waals surface area contributed by atoms with Crippen molar-refractivity contribution < 1.29 is 41.1 Å². The summed E-state index contributed by atoms with van der Waals surface area (Å²) >= 11 is 1.46. The van der Waals surface area contributed by atoms with Crippen LogP contribution in [0.5, 0.6) is 11.5 Å². The monoisotopic (exact) mass is 890 g/mol. The number of pyridine rings is 1. The van der Waals surface area contributed by atoms with Gasteiger partial charge in [0.25, 0.3) is 5.91 Å². The molecule has 2 aromatic heterocycles. The predicted octanol–water partition coefficient (Wildman–Crippen LogP) is 7.30. The Labute approximate surface area is 364 Å². The van der Waals surface area contributed by atoms with Crippen molar-refractivity contribution in [3.63, 3.8) is 0 Å². The number of nitrogens with one attached hydrogen (secondary N) is 3. The van der Waals surface area contributed by atoms with Gasteiger partial charge in [0.2, 0.25) is 21.8 Å². The third-order valence-corrected chi connectivity index (χ3v) is 15.8. The molecule has 0 spiro atoms. The average Bonchev–Trinajstić information content (AvgIpc) is 4.00. The average molecular weight is 891 g/mol. The first-order chi connectivity index (χ1) is 29.5. The summed E-state index contributed by atoms with van der Waals surface area (Å²) in [6.45, 7) is 7.58. The van der Waals surface area contributed by atoms with Crippen LogP contribution in [0.25, 0.3) is 21.6 Å². The van der Waals surface area contributed by atoms with Crippen LogP contribution >= 0.6 is 11.3 Å². The van der Waals surface area contributed by atoms with Crippen molar-refractivity contribution in [1.82, 2.24) is 24.9 Å². The number of amides is 3. The third-order valence-electron chi connectivity index (χ3n) is 12.7.